The number of aliphatic hydroxyl groups excluding tert-OH is 9. The van der Waals surface area contributed by atoms with Crippen molar-refractivity contribution in [3.63, 3.8) is 0 Å². The summed E-state index contributed by atoms with van der Waals surface area (Å²) in [4.78, 5) is 43.6. The van der Waals surface area contributed by atoms with E-state index < -0.39 is 163 Å². The molecule has 0 amide bonds. The number of aromatic nitrogens is 15. The smallest absolute Gasteiger partial charge is 0.293 e. The van der Waals surface area contributed by atoms with Crippen LogP contribution in [0.2, 0.25) is 0 Å². The first kappa shape index (κ1) is 101. The number of unbranched alkanes of at least 4 members (excludes halogenated alkanes) is 1. The van der Waals surface area contributed by atoms with E-state index >= 15 is 0 Å². The molecule has 5 aliphatic rings. The van der Waals surface area contributed by atoms with Crippen molar-refractivity contribution in [1.29, 1.82) is 0 Å². The van der Waals surface area contributed by atoms with Crippen LogP contribution in [0.15, 0.2) is 66.0 Å². The average molecular weight is 1930 g/mol. The molecule has 0 aliphatic carbocycles. The number of rotatable bonds is 26. The van der Waals surface area contributed by atoms with Gasteiger partial charge in [-0.25, -0.2) is 44.9 Å². The molecule has 15 heterocycles. The zero-order valence-corrected chi connectivity index (χ0v) is 81.3. The van der Waals surface area contributed by atoms with Crippen molar-refractivity contribution in [2.24, 2.45) is 0 Å². The number of aliphatic hydroxyl groups is 10. The maximum absolute atomic E-state index is 14.3. The molecule has 35 nitrogen and oxygen atoms in total. The van der Waals surface area contributed by atoms with Gasteiger partial charge in [-0.15, -0.1) is 65.9 Å². The SMILES string of the molecule is C=P(C)(C)CC[C@H]1O[C@@H](n2c(Br)nc3c(N)ccnc32)[C@H](O)[C@@H]1O.C=P(C)(C)CC[C@H]1O[C@@H](n2c(CC)nc3c(N)ccnc32)[C@H](O)[C@@H]1O.C=P(C)(C)CC[C@H]1O[C@@H](n2c(CCC)nc3c(N)ccnc32)[C@H](O)[C@@H]1O.C=P(C)(C)CC[C@H]1O[C@@H](n2c(CCCC)nc3c(N)ccnc32)[C@](C)(O)[C@@H]1O.C=P(C)(C)CC[C@H]1O[C@@H](n2c(F)nc3c(N)ccnc32)[C@H](O)[C@@H]1O. The topological polar surface area (TPSA) is 532 Å². The molecule has 20 N–H and O–H groups in total. The molecule has 0 spiro atoms. The minimum atomic E-state index is -1.46. The Labute approximate surface area is 749 Å². The molecule has 127 heavy (non-hydrogen) atoms. The second-order valence-corrected chi connectivity index (χ2v) is 59.7. The van der Waals surface area contributed by atoms with Crippen LogP contribution in [0.5, 0.6) is 0 Å². The Balaban J connectivity index is 0.000000154. The number of anilines is 5. The van der Waals surface area contributed by atoms with Gasteiger partial charge in [0.2, 0.25) is 0 Å². The molecule has 5 fully saturated rings. The van der Waals surface area contributed by atoms with Gasteiger partial charge in [0.25, 0.3) is 6.08 Å². The Kier molecular flexibility index (Phi) is 32.5. The summed E-state index contributed by atoms with van der Waals surface area (Å²) in [5.74, 6) is 2.25. The number of nitrogens with zero attached hydrogens (tertiary/aromatic N) is 15. The lowest BCUT2D eigenvalue weighted by atomic mass is 9.95. The highest BCUT2D eigenvalue weighted by Gasteiger charge is 2.55. The third-order valence-corrected chi connectivity index (χ3v) is 31.1. The van der Waals surface area contributed by atoms with Gasteiger partial charge in [0, 0.05) is 50.2 Å². The second-order valence-electron chi connectivity index (χ2n) is 37.4. The minimum Gasteiger partial charge on any atom is -0.397 e. The van der Waals surface area contributed by atoms with Crippen molar-refractivity contribution >= 4 is 166 Å². The van der Waals surface area contributed by atoms with Crippen LogP contribution >= 0.6 is 50.4 Å². The van der Waals surface area contributed by atoms with Crippen LogP contribution in [0.25, 0.3) is 55.8 Å². The number of hydrogen-bond donors (Lipinski definition) is 15. The van der Waals surface area contributed by atoms with E-state index in [4.69, 9.17) is 57.3 Å². The summed E-state index contributed by atoms with van der Waals surface area (Å²) in [6.45, 7) is 22.9. The van der Waals surface area contributed by atoms with Gasteiger partial charge in [-0.05, 0) is 196 Å². The van der Waals surface area contributed by atoms with Crippen LogP contribution in [-0.2, 0) is 42.9 Å². The number of nitrogens with two attached hydrogens (primary N) is 5. The average Bonchev–Trinajstić information content (AvgIpc) is 1.61. The molecule has 0 unspecified atom stereocenters. The van der Waals surface area contributed by atoms with Crippen molar-refractivity contribution in [2.75, 3.05) is 126 Å². The molecular formula is C85H133BrFN20O15P5. The third kappa shape index (κ3) is 23.2. The lowest BCUT2D eigenvalue weighted by Crippen LogP contribution is -2.44. The molecule has 0 saturated carbocycles. The molecule has 10 aromatic rings. The van der Waals surface area contributed by atoms with Gasteiger partial charge >= 0.3 is 0 Å². The molecule has 0 bridgehead atoms. The Morgan fingerprint density at radius 2 is 0.669 bits per heavy atom. The number of imidazole rings is 5. The molecule has 0 aromatic carbocycles. The molecule has 42 heteroatoms. The van der Waals surface area contributed by atoms with Crippen LogP contribution in [0.4, 0.5) is 32.8 Å². The van der Waals surface area contributed by atoms with E-state index in [2.05, 4.69) is 173 Å². The van der Waals surface area contributed by atoms with Crippen LogP contribution in [0, 0.1) is 6.08 Å². The largest absolute Gasteiger partial charge is 0.397 e. The van der Waals surface area contributed by atoms with Gasteiger partial charge in [0.05, 0.1) is 59.0 Å². The van der Waals surface area contributed by atoms with Gasteiger partial charge in [0.1, 0.15) is 106 Å². The lowest BCUT2D eigenvalue weighted by Gasteiger charge is -2.28. The number of aryl methyl sites for hydroxylation is 3. The Bertz CT molecular complexity index is 5610. The predicted molar refractivity (Wildman–Crippen MR) is 520 cm³/mol. The summed E-state index contributed by atoms with van der Waals surface area (Å²) in [6.07, 6.45) is 24.6. The second kappa shape index (κ2) is 40.9. The molecule has 10 aromatic heterocycles. The van der Waals surface area contributed by atoms with Crippen molar-refractivity contribution in [3.05, 3.63) is 89.6 Å². The summed E-state index contributed by atoms with van der Waals surface area (Å²) < 4.78 is 52.9. The van der Waals surface area contributed by atoms with E-state index in [1.54, 1.807) is 69.7 Å². The van der Waals surface area contributed by atoms with E-state index in [0.717, 1.165) is 78.5 Å². The number of pyridine rings is 5. The Morgan fingerprint density at radius 1 is 0.386 bits per heavy atom. The van der Waals surface area contributed by atoms with Gasteiger partial charge in [-0.1, -0.05) is 27.2 Å². The molecule has 0 radical (unpaired) electrons. The molecule has 5 aliphatic heterocycles. The van der Waals surface area contributed by atoms with Crippen LogP contribution in [0.3, 0.4) is 0 Å². The summed E-state index contributed by atoms with van der Waals surface area (Å²) in [5, 5.41) is 106. The van der Waals surface area contributed by atoms with Crippen LogP contribution < -0.4 is 28.7 Å². The van der Waals surface area contributed by atoms with Crippen molar-refractivity contribution in [1.82, 2.24) is 72.7 Å². The fraction of sp³-hybridized carbons (Fsp3) is 0.588. The number of ether oxygens (including phenoxy) is 5. The van der Waals surface area contributed by atoms with Crippen molar-refractivity contribution in [2.45, 2.75) is 221 Å². The maximum Gasteiger partial charge on any atom is 0.293 e. The zero-order chi connectivity index (χ0) is 93.4. The molecule has 20 atom stereocenters. The fourth-order valence-electron chi connectivity index (χ4n) is 16.1. The highest BCUT2D eigenvalue weighted by molar-refractivity contribution is 9.10. The first-order valence-electron chi connectivity index (χ1n) is 42.8. The lowest BCUT2D eigenvalue weighted by molar-refractivity contribution is -0.0950. The van der Waals surface area contributed by atoms with E-state index in [0.29, 0.717) is 117 Å². The molecule has 5 saturated heterocycles. The number of hydrogen-bond acceptors (Lipinski definition) is 30. The van der Waals surface area contributed by atoms with E-state index in [-0.39, 0.29) is 16.9 Å². The number of halogens is 2. The highest BCUT2D eigenvalue weighted by Crippen LogP contribution is 2.49. The summed E-state index contributed by atoms with van der Waals surface area (Å²) in [7, 11) is 0. The van der Waals surface area contributed by atoms with Gasteiger partial charge < -0.3 is 103 Å². The Hall–Kier alpha value is -6.59. The van der Waals surface area contributed by atoms with E-state index in [1.165, 1.54) is 12.3 Å². The van der Waals surface area contributed by atoms with Crippen molar-refractivity contribution < 1.29 is 79.1 Å². The predicted octanol–water partition coefficient (Wildman–Crippen LogP) is 7.81. The fourth-order valence-corrected chi connectivity index (χ4v) is 21.4. The Morgan fingerprint density at radius 3 is 1.01 bits per heavy atom. The van der Waals surface area contributed by atoms with E-state index in [1.807, 2.05) is 11.5 Å². The zero-order valence-electron chi connectivity index (χ0n) is 75.2. The van der Waals surface area contributed by atoms with E-state index in [9.17, 15) is 55.5 Å². The van der Waals surface area contributed by atoms with Crippen molar-refractivity contribution in [3.8, 4) is 0 Å². The summed E-state index contributed by atoms with van der Waals surface area (Å²) >= 11 is 3.37. The normalized spacial score (nSPS) is 27.6. The first-order chi connectivity index (χ1) is 59.4. The summed E-state index contributed by atoms with van der Waals surface area (Å²) in [6, 6.07) is 8.30. The molecular weight excluding hydrogens is 1790 g/mol. The third-order valence-electron chi connectivity index (χ3n) is 23.2. The number of fused-ring (bicyclic) bond motifs is 5. The minimum absolute atomic E-state index is 0.175. The maximum atomic E-state index is 14.3. The van der Waals surface area contributed by atoms with Crippen LogP contribution in [0.1, 0.15) is 128 Å². The molecule has 15 rings (SSSR count). The van der Waals surface area contributed by atoms with Gasteiger partial charge in [-0.2, -0.15) is 9.37 Å². The van der Waals surface area contributed by atoms with Gasteiger partial charge in [0.15, 0.2) is 64.1 Å². The van der Waals surface area contributed by atoms with Gasteiger partial charge in [-0.3, -0.25) is 22.8 Å². The monoisotopic (exact) mass is 1930 g/mol. The molecule has 702 valence electrons. The highest BCUT2D eigenvalue weighted by atomic mass is 79.9. The standard InChI is InChI=1S/C20H33N4O3P.C18H29N4O3P.C17H27N4O3P.C15H22BrN4O3P.C15H22FN4O3P/c1-6-7-8-15-23-16-13(21)9-11-22-18(16)24(15)19-20(2,26)17(25)14(27-19)10-12-28(3,4)5;1-5-6-13-21-14-11(19)7-9-20-17(14)22(13)18-16(24)15(23)12(25-18)8-10-26(2,3)4;1-5-12-20-13-10(18)6-8-19-16(13)21(12)17-15(23)14(22)11(24-17)7-9-25(2,3)4;2*1-24(2,3)7-5-9-11(21)12(22)14(23-9)20-13-10(19-15(20)16)8(17)4-6-18-13/h9,11,14,17,19,25-26H,3,6-8,10,12H2,1-2,4-5H3,(H2,21,22);7,9,12,15-16,18,23-24H,2,5-6,8,10H2,1,3-4H3,(H2,19,20);6,8,11,14-15,17,22-23H,2,5,7,9H2,1,3-4H3,(H2,18,19);2*4,6,9,11-12,14,21-22H,1,5,7H2,2-3H3,(H2,17,18)/t14-,17-,19-,20-;12-,15-,16-,18-;11-,14-,15-,17-;2*9-,11-,12-,14-/m11111/s1. The quantitative estimate of drug-likeness (QED) is 0.0230. The summed E-state index contributed by atoms with van der Waals surface area (Å²) in [5.41, 5.74) is 35.8. The first-order valence-corrected chi connectivity index (χ1v) is 58.8. The number of nitrogen functional groups attached to an aromatic ring is 5. The van der Waals surface area contributed by atoms with Crippen LogP contribution in [-0.4, -0.2) is 344 Å².